The molecule has 8 heteroatoms. The van der Waals surface area contributed by atoms with Crippen molar-refractivity contribution in [3.8, 4) is 0 Å². The van der Waals surface area contributed by atoms with Gasteiger partial charge in [-0.3, -0.25) is 19.4 Å². The second-order valence-electron chi connectivity index (χ2n) is 6.44. The summed E-state index contributed by atoms with van der Waals surface area (Å²) < 4.78 is 8.17. The molecule has 0 spiro atoms. The lowest BCUT2D eigenvalue weighted by Gasteiger charge is -2.15. The van der Waals surface area contributed by atoms with Crippen LogP contribution in [-0.4, -0.2) is 40.1 Å². The van der Waals surface area contributed by atoms with Crippen LogP contribution >= 0.6 is 0 Å². The summed E-state index contributed by atoms with van der Waals surface area (Å²) in [4.78, 5) is 30.3. The van der Waals surface area contributed by atoms with Crippen LogP contribution in [0.2, 0.25) is 0 Å². The molecule has 0 unspecified atom stereocenters. The molecule has 3 aromatic rings. The van der Waals surface area contributed by atoms with Gasteiger partial charge >= 0.3 is 0 Å². The van der Waals surface area contributed by atoms with Crippen molar-refractivity contribution < 1.29 is 9.53 Å². The summed E-state index contributed by atoms with van der Waals surface area (Å²) >= 11 is 0. The standard InChI is InChI=1S/C20H23N5O3/c1-4-8-22-19(26)14-12-15-18(24(16(14)21)10-6-11-28-3)23-17-13(2)7-5-9-25(17)20(15)27/h4-5,7,9,12,21H,1,6,8,10-11H2,2-3H3,(H,22,26). The predicted octanol–water partition coefficient (Wildman–Crippen LogP) is 1.39. The van der Waals surface area contributed by atoms with Gasteiger partial charge < -0.3 is 14.6 Å². The molecule has 0 aliphatic heterocycles. The van der Waals surface area contributed by atoms with Gasteiger partial charge in [0, 0.05) is 33.0 Å². The minimum Gasteiger partial charge on any atom is -0.385 e. The first-order valence-corrected chi connectivity index (χ1v) is 8.97. The number of hydrogen-bond donors (Lipinski definition) is 2. The minimum atomic E-state index is -0.430. The maximum atomic E-state index is 13.1. The summed E-state index contributed by atoms with van der Waals surface area (Å²) in [6, 6.07) is 5.11. The number of rotatable bonds is 7. The van der Waals surface area contributed by atoms with E-state index >= 15 is 0 Å². The zero-order valence-electron chi connectivity index (χ0n) is 16.0. The largest absolute Gasteiger partial charge is 0.385 e. The normalized spacial score (nSPS) is 11.1. The number of carbonyl (C=O) groups is 1. The third-order valence-electron chi connectivity index (χ3n) is 4.52. The molecule has 0 saturated carbocycles. The molecule has 0 atom stereocenters. The summed E-state index contributed by atoms with van der Waals surface area (Å²) in [6.07, 6.45) is 3.83. The highest BCUT2D eigenvalue weighted by molar-refractivity contribution is 5.96. The number of nitrogens with zero attached hydrogens (tertiary/aromatic N) is 3. The quantitative estimate of drug-likeness (QED) is 0.367. The lowest BCUT2D eigenvalue weighted by atomic mass is 10.2. The average molecular weight is 381 g/mol. The fourth-order valence-corrected chi connectivity index (χ4v) is 3.11. The van der Waals surface area contributed by atoms with Crippen LogP contribution in [0.1, 0.15) is 22.3 Å². The Labute approximate surface area is 161 Å². The molecule has 1 amide bonds. The molecule has 0 saturated heterocycles. The second kappa shape index (κ2) is 8.18. The summed E-state index contributed by atoms with van der Waals surface area (Å²) in [5, 5.41) is 11.5. The summed E-state index contributed by atoms with van der Waals surface area (Å²) in [6.45, 7) is 6.62. The first-order valence-electron chi connectivity index (χ1n) is 8.97. The van der Waals surface area contributed by atoms with Crippen LogP contribution in [0.5, 0.6) is 0 Å². The van der Waals surface area contributed by atoms with Gasteiger partial charge in [-0.05, 0) is 31.0 Å². The van der Waals surface area contributed by atoms with Crippen LogP contribution in [0.25, 0.3) is 16.7 Å². The van der Waals surface area contributed by atoms with Crippen LogP contribution < -0.4 is 16.4 Å². The summed E-state index contributed by atoms with van der Waals surface area (Å²) in [5.74, 6) is -0.430. The first-order chi connectivity index (χ1) is 13.5. The fraction of sp³-hybridized carbons (Fsp3) is 0.300. The van der Waals surface area contributed by atoms with E-state index < -0.39 is 5.91 Å². The molecule has 2 N–H and O–H groups in total. The Balaban J connectivity index is 2.34. The topological polar surface area (TPSA) is 101 Å². The Kier molecular flexibility index (Phi) is 5.70. The molecule has 0 radical (unpaired) electrons. The van der Waals surface area contributed by atoms with E-state index in [4.69, 9.17) is 10.1 Å². The van der Waals surface area contributed by atoms with Crippen LogP contribution in [0, 0.1) is 12.3 Å². The number of amides is 1. The van der Waals surface area contributed by atoms with Crippen molar-refractivity contribution in [2.45, 2.75) is 19.9 Å². The Morgan fingerprint density at radius 3 is 2.93 bits per heavy atom. The van der Waals surface area contributed by atoms with Crippen molar-refractivity contribution in [2.75, 3.05) is 20.3 Å². The maximum Gasteiger partial charge on any atom is 0.267 e. The SMILES string of the molecule is C=CCNC(=O)c1cc2c(=O)n3cccc(C)c3nc2n(CCCOC)c1=N. The van der Waals surface area contributed by atoms with Gasteiger partial charge in [0.1, 0.15) is 16.8 Å². The van der Waals surface area contributed by atoms with Gasteiger partial charge in [-0.15, -0.1) is 6.58 Å². The predicted molar refractivity (Wildman–Crippen MR) is 107 cm³/mol. The van der Waals surface area contributed by atoms with Gasteiger partial charge in [0.15, 0.2) is 0 Å². The van der Waals surface area contributed by atoms with E-state index in [2.05, 4.69) is 16.9 Å². The molecule has 0 fully saturated rings. The lowest BCUT2D eigenvalue weighted by molar-refractivity contribution is 0.0955. The zero-order valence-corrected chi connectivity index (χ0v) is 16.0. The van der Waals surface area contributed by atoms with Crippen LogP contribution in [0.4, 0.5) is 0 Å². The van der Waals surface area contributed by atoms with E-state index in [1.807, 2.05) is 13.0 Å². The Hall–Kier alpha value is -3.26. The van der Waals surface area contributed by atoms with E-state index in [0.717, 1.165) is 5.56 Å². The number of carbonyl (C=O) groups excluding carboxylic acids is 1. The van der Waals surface area contributed by atoms with E-state index in [-0.39, 0.29) is 23.2 Å². The summed E-state index contributed by atoms with van der Waals surface area (Å²) in [7, 11) is 1.60. The Bertz CT molecular complexity index is 1180. The van der Waals surface area contributed by atoms with Crippen molar-refractivity contribution in [2.24, 2.45) is 0 Å². The van der Waals surface area contributed by atoms with Gasteiger partial charge in [-0.2, -0.15) is 0 Å². The monoisotopic (exact) mass is 381 g/mol. The fourth-order valence-electron chi connectivity index (χ4n) is 3.11. The number of nitrogens with one attached hydrogen (secondary N) is 2. The van der Waals surface area contributed by atoms with Crippen LogP contribution in [-0.2, 0) is 11.3 Å². The van der Waals surface area contributed by atoms with Crippen LogP contribution in [0.3, 0.4) is 0 Å². The molecule has 3 aromatic heterocycles. The molecular weight excluding hydrogens is 358 g/mol. The maximum absolute atomic E-state index is 13.1. The molecule has 0 aliphatic carbocycles. The van der Waals surface area contributed by atoms with Gasteiger partial charge in [-0.1, -0.05) is 12.1 Å². The van der Waals surface area contributed by atoms with E-state index in [9.17, 15) is 9.59 Å². The highest BCUT2D eigenvalue weighted by Gasteiger charge is 2.17. The number of hydrogen-bond acceptors (Lipinski definition) is 5. The molecule has 3 rings (SSSR count). The molecular formula is C20H23N5O3. The molecule has 0 aliphatic rings. The van der Waals surface area contributed by atoms with Gasteiger partial charge in [-0.25, -0.2) is 4.98 Å². The Morgan fingerprint density at radius 2 is 2.21 bits per heavy atom. The average Bonchev–Trinajstić information content (AvgIpc) is 2.69. The van der Waals surface area contributed by atoms with E-state index in [1.54, 1.807) is 30.0 Å². The highest BCUT2D eigenvalue weighted by Crippen LogP contribution is 2.13. The Morgan fingerprint density at radius 1 is 1.43 bits per heavy atom. The van der Waals surface area contributed by atoms with Crippen molar-refractivity contribution in [3.63, 3.8) is 0 Å². The highest BCUT2D eigenvalue weighted by atomic mass is 16.5. The van der Waals surface area contributed by atoms with Crippen LogP contribution in [0.15, 0.2) is 41.8 Å². The van der Waals surface area contributed by atoms with Crippen molar-refractivity contribution in [1.29, 1.82) is 5.41 Å². The number of pyridine rings is 2. The third-order valence-corrected chi connectivity index (χ3v) is 4.52. The smallest absolute Gasteiger partial charge is 0.267 e. The number of ether oxygens (including phenoxy) is 1. The van der Waals surface area contributed by atoms with Gasteiger partial charge in [0.2, 0.25) is 0 Å². The van der Waals surface area contributed by atoms with Gasteiger partial charge in [0.05, 0.1) is 10.9 Å². The molecule has 0 bridgehead atoms. The van der Waals surface area contributed by atoms with Crippen molar-refractivity contribution in [3.05, 3.63) is 64.0 Å². The van der Waals surface area contributed by atoms with Crippen molar-refractivity contribution >= 4 is 22.6 Å². The minimum absolute atomic E-state index is 0.00926. The first kappa shape index (κ1) is 19.5. The third kappa shape index (κ3) is 3.46. The molecule has 28 heavy (non-hydrogen) atoms. The molecule has 0 aromatic carbocycles. The van der Waals surface area contributed by atoms with E-state index in [1.165, 1.54) is 10.5 Å². The number of aryl methyl sites for hydroxylation is 2. The molecule has 8 nitrogen and oxygen atoms in total. The molecule has 146 valence electrons. The number of fused-ring (bicyclic) bond motifs is 2. The number of aromatic nitrogens is 3. The zero-order chi connectivity index (χ0) is 20.3. The van der Waals surface area contributed by atoms with E-state index in [0.29, 0.717) is 36.3 Å². The van der Waals surface area contributed by atoms with Gasteiger partial charge in [0.25, 0.3) is 11.5 Å². The lowest BCUT2D eigenvalue weighted by Crippen LogP contribution is -2.35. The van der Waals surface area contributed by atoms with Crippen molar-refractivity contribution in [1.82, 2.24) is 19.3 Å². The summed E-state index contributed by atoms with van der Waals surface area (Å²) in [5.41, 5.74) is 1.63. The molecule has 3 heterocycles. The number of methoxy groups -OCH3 is 1. The second-order valence-corrected chi connectivity index (χ2v) is 6.44.